The maximum Gasteiger partial charge on any atom is 0.416 e. The highest BCUT2D eigenvalue weighted by atomic mass is 35.5. The van der Waals surface area contributed by atoms with Crippen LogP contribution in [0, 0.1) is 0 Å². The lowest BCUT2D eigenvalue weighted by atomic mass is 10.1. The van der Waals surface area contributed by atoms with Crippen molar-refractivity contribution in [3.8, 4) is 0 Å². The first-order valence-electron chi connectivity index (χ1n) is 11.3. The second-order valence-corrected chi connectivity index (χ2v) is 8.51. The van der Waals surface area contributed by atoms with Crippen molar-refractivity contribution in [2.75, 3.05) is 57.7 Å². The number of carbonyl (C=O) groups excluding carboxylic acids is 2. The van der Waals surface area contributed by atoms with E-state index in [9.17, 15) is 22.8 Å². The molecule has 2 heterocycles. The van der Waals surface area contributed by atoms with Gasteiger partial charge in [0.1, 0.15) is 0 Å². The first kappa shape index (κ1) is 29.7. The molecule has 0 saturated carbocycles. The van der Waals surface area contributed by atoms with E-state index < -0.39 is 11.7 Å². The normalized spacial score (nSPS) is 16.5. The third-order valence-electron chi connectivity index (χ3n) is 6.13. The minimum absolute atomic E-state index is 0. The van der Waals surface area contributed by atoms with Crippen molar-refractivity contribution in [1.29, 1.82) is 0 Å². The van der Waals surface area contributed by atoms with Gasteiger partial charge in [0.25, 0.3) is 5.91 Å². The largest absolute Gasteiger partial charge is 0.416 e. The summed E-state index contributed by atoms with van der Waals surface area (Å²) in [5.41, 5.74) is 1.35. The van der Waals surface area contributed by atoms with Crippen molar-refractivity contribution in [1.82, 2.24) is 20.0 Å². The molecule has 2 saturated heterocycles. The number of carbonyl (C=O) groups is 2. The zero-order chi connectivity index (χ0) is 24.1. The number of hydrogen-bond donors (Lipinski definition) is 2. The van der Waals surface area contributed by atoms with Crippen LogP contribution in [0.25, 0.3) is 0 Å². The highest BCUT2D eigenvalue weighted by Gasteiger charge is 2.30. The van der Waals surface area contributed by atoms with E-state index >= 15 is 0 Å². The molecule has 0 aliphatic carbocycles. The van der Waals surface area contributed by atoms with E-state index in [1.54, 1.807) is 34.1 Å². The van der Waals surface area contributed by atoms with E-state index in [4.69, 9.17) is 0 Å². The number of anilines is 1. The summed E-state index contributed by atoms with van der Waals surface area (Å²) >= 11 is 0. The third kappa shape index (κ3) is 7.73. The van der Waals surface area contributed by atoms with Crippen molar-refractivity contribution in [2.45, 2.75) is 12.7 Å². The Morgan fingerprint density at radius 1 is 0.806 bits per heavy atom. The molecule has 36 heavy (non-hydrogen) atoms. The first-order valence-corrected chi connectivity index (χ1v) is 11.3. The van der Waals surface area contributed by atoms with Gasteiger partial charge in [-0.1, -0.05) is 12.1 Å². The lowest BCUT2D eigenvalue weighted by Crippen LogP contribution is -2.48. The Kier molecular flexibility index (Phi) is 10.8. The second-order valence-electron chi connectivity index (χ2n) is 8.51. The fraction of sp³-hybridized carbons (Fsp3) is 0.417. The van der Waals surface area contributed by atoms with Crippen molar-refractivity contribution in [2.24, 2.45) is 0 Å². The van der Waals surface area contributed by atoms with Crippen LogP contribution in [0.5, 0.6) is 0 Å². The quantitative estimate of drug-likeness (QED) is 0.608. The third-order valence-corrected chi connectivity index (χ3v) is 6.13. The van der Waals surface area contributed by atoms with E-state index in [0.29, 0.717) is 57.1 Å². The Morgan fingerprint density at radius 3 is 1.94 bits per heavy atom. The summed E-state index contributed by atoms with van der Waals surface area (Å²) in [5.74, 6) is -0.0749. The van der Waals surface area contributed by atoms with Gasteiger partial charge < -0.3 is 20.4 Å². The van der Waals surface area contributed by atoms with Crippen molar-refractivity contribution in [3.63, 3.8) is 0 Å². The van der Waals surface area contributed by atoms with Crippen LogP contribution in [-0.2, 0) is 12.7 Å². The number of amides is 3. The first-order chi connectivity index (χ1) is 16.3. The van der Waals surface area contributed by atoms with Crippen molar-refractivity contribution >= 4 is 42.4 Å². The van der Waals surface area contributed by atoms with Gasteiger partial charge in [-0.3, -0.25) is 9.69 Å². The van der Waals surface area contributed by atoms with Crippen LogP contribution in [0.15, 0.2) is 48.5 Å². The lowest BCUT2D eigenvalue weighted by Gasteiger charge is -2.35. The van der Waals surface area contributed by atoms with Gasteiger partial charge >= 0.3 is 12.2 Å². The molecule has 0 spiro atoms. The van der Waals surface area contributed by atoms with Gasteiger partial charge in [0.2, 0.25) is 0 Å². The summed E-state index contributed by atoms with van der Waals surface area (Å²) in [6, 6.07) is 11.9. The van der Waals surface area contributed by atoms with E-state index in [1.807, 2.05) is 0 Å². The molecule has 3 amide bonds. The number of rotatable bonds is 4. The topological polar surface area (TPSA) is 67.9 Å². The molecule has 2 aliphatic rings. The highest BCUT2D eigenvalue weighted by Crippen LogP contribution is 2.29. The molecule has 2 fully saturated rings. The fourth-order valence-electron chi connectivity index (χ4n) is 4.12. The van der Waals surface area contributed by atoms with Crippen LogP contribution in [0.2, 0.25) is 0 Å². The molecular formula is C24H30Cl2F3N5O2. The standard InChI is InChI=1S/C24H28F3N5O2.2ClH/c25-24(26,27)20-5-1-18(2-6-20)17-30-13-15-31(16-14-30)22(33)19-3-7-21(8-4-19)29-23(34)32-11-9-28-10-12-32;;/h1-8,28H,9-17H2,(H,29,34);2*1H. The number of alkyl halides is 3. The van der Waals surface area contributed by atoms with Gasteiger partial charge in [0, 0.05) is 70.2 Å². The Morgan fingerprint density at radius 2 is 1.39 bits per heavy atom. The Labute approximate surface area is 220 Å². The number of nitrogens with one attached hydrogen (secondary N) is 2. The van der Waals surface area contributed by atoms with E-state index in [-0.39, 0.29) is 36.8 Å². The monoisotopic (exact) mass is 547 g/mol. The van der Waals surface area contributed by atoms with Gasteiger partial charge in [-0.2, -0.15) is 13.2 Å². The summed E-state index contributed by atoms with van der Waals surface area (Å²) < 4.78 is 38.2. The molecule has 7 nitrogen and oxygen atoms in total. The smallest absolute Gasteiger partial charge is 0.336 e. The summed E-state index contributed by atoms with van der Waals surface area (Å²) in [7, 11) is 0. The molecule has 0 aromatic heterocycles. The number of hydrogen-bond acceptors (Lipinski definition) is 4. The lowest BCUT2D eigenvalue weighted by molar-refractivity contribution is -0.137. The summed E-state index contributed by atoms with van der Waals surface area (Å²) in [4.78, 5) is 30.8. The minimum atomic E-state index is -4.33. The predicted octanol–water partition coefficient (Wildman–Crippen LogP) is 3.94. The highest BCUT2D eigenvalue weighted by molar-refractivity contribution is 5.95. The predicted molar refractivity (Wildman–Crippen MR) is 137 cm³/mol. The molecule has 12 heteroatoms. The Balaban J connectivity index is 0.00000228. The van der Waals surface area contributed by atoms with Crippen LogP contribution in [0.1, 0.15) is 21.5 Å². The SMILES string of the molecule is Cl.Cl.O=C(Nc1ccc(C(=O)N2CCN(Cc3ccc(C(F)(F)F)cc3)CC2)cc1)N1CCNCC1. The van der Waals surface area contributed by atoms with E-state index in [2.05, 4.69) is 15.5 Å². The molecule has 2 aromatic carbocycles. The fourth-order valence-corrected chi connectivity index (χ4v) is 4.12. The summed E-state index contributed by atoms with van der Waals surface area (Å²) in [5, 5.41) is 6.07. The van der Waals surface area contributed by atoms with E-state index in [1.165, 1.54) is 12.1 Å². The van der Waals surface area contributed by atoms with Crippen LogP contribution >= 0.6 is 24.8 Å². The summed E-state index contributed by atoms with van der Waals surface area (Å²) in [6.07, 6.45) is -4.33. The van der Waals surface area contributed by atoms with Gasteiger partial charge in [-0.25, -0.2) is 4.79 Å². The molecule has 198 valence electrons. The number of halogens is 5. The maximum atomic E-state index is 12.9. The van der Waals surface area contributed by atoms with Crippen LogP contribution in [-0.4, -0.2) is 79.0 Å². The zero-order valence-corrected chi connectivity index (χ0v) is 21.2. The Bertz CT molecular complexity index is 992. The molecule has 2 aromatic rings. The van der Waals surface area contributed by atoms with Crippen LogP contribution in [0.4, 0.5) is 23.7 Å². The molecule has 2 aliphatic heterocycles. The number of benzene rings is 2. The molecule has 0 bridgehead atoms. The number of piperazine rings is 2. The maximum absolute atomic E-state index is 12.9. The molecule has 0 atom stereocenters. The van der Waals surface area contributed by atoms with Crippen LogP contribution in [0.3, 0.4) is 0 Å². The van der Waals surface area contributed by atoms with E-state index in [0.717, 1.165) is 30.8 Å². The van der Waals surface area contributed by atoms with Gasteiger partial charge in [0.15, 0.2) is 0 Å². The molecule has 4 rings (SSSR count). The average Bonchev–Trinajstić information content (AvgIpc) is 2.85. The molecule has 2 N–H and O–H groups in total. The van der Waals surface area contributed by atoms with Gasteiger partial charge in [-0.05, 0) is 42.0 Å². The van der Waals surface area contributed by atoms with Gasteiger partial charge in [0.05, 0.1) is 5.56 Å². The molecule has 0 unspecified atom stereocenters. The Hall–Kier alpha value is -2.53. The summed E-state index contributed by atoms with van der Waals surface area (Å²) in [6.45, 7) is 5.79. The average molecular weight is 548 g/mol. The number of nitrogens with zero attached hydrogens (tertiary/aromatic N) is 3. The van der Waals surface area contributed by atoms with Crippen LogP contribution < -0.4 is 10.6 Å². The minimum Gasteiger partial charge on any atom is -0.336 e. The second kappa shape index (κ2) is 13.1. The molecule has 0 radical (unpaired) electrons. The zero-order valence-electron chi connectivity index (χ0n) is 19.6. The van der Waals surface area contributed by atoms with Gasteiger partial charge in [-0.15, -0.1) is 24.8 Å². The van der Waals surface area contributed by atoms with Crippen molar-refractivity contribution in [3.05, 3.63) is 65.2 Å². The number of urea groups is 1. The van der Waals surface area contributed by atoms with Crippen molar-refractivity contribution < 1.29 is 22.8 Å². The molecular weight excluding hydrogens is 518 g/mol.